The molecule has 2 saturated heterocycles. The number of rotatable bonds is 4. The Morgan fingerprint density at radius 3 is 2.52 bits per heavy atom. The van der Waals surface area contributed by atoms with Crippen LogP contribution in [0.4, 0.5) is 0 Å². The lowest BCUT2D eigenvalue weighted by molar-refractivity contribution is -0.313. The molecule has 0 aromatic carbocycles. The van der Waals surface area contributed by atoms with Crippen molar-refractivity contribution in [3.05, 3.63) is 0 Å². The Morgan fingerprint density at radius 2 is 1.95 bits per heavy atom. The first-order valence-corrected chi connectivity index (χ1v) is 6.96. The van der Waals surface area contributed by atoms with Crippen LogP contribution in [-0.2, 0) is 19.0 Å². The first-order chi connectivity index (χ1) is 9.84. The van der Waals surface area contributed by atoms with E-state index in [-0.39, 0.29) is 6.61 Å². The van der Waals surface area contributed by atoms with Crippen molar-refractivity contribution >= 4 is 5.97 Å². The first kappa shape index (κ1) is 16.6. The molecule has 2 heterocycles. The lowest BCUT2D eigenvalue weighted by atomic mass is 9.84. The molecule has 8 nitrogen and oxygen atoms in total. The number of carbonyl (C=O) groups is 1. The van der Waals surface area contributed by atoms with Gasteiger partial charge in [-0.3, -0.25) is 0 Å². The Balaban J connectivity index is 2.12. The molecular formula is C13H22O8. The van der Waals surface area contributed by atoms with Gasteiger partial charge in [-0.25, -0.2) is 4.79 Å². The summed E-state index contributed by atoms with van der Waals surface area (Å²) in [4.78, 5) is 11.8. The molecule has 0 bridgehead atoms. The minimum atomic E-state index is -1.54. The van der Waals surface area contributed by atoms with E-state index in [2.05, 4.69) is 0 Å². The third-order valence-electron chi connectivity index (χ3n) is 4.32. The van der Waals surface area contributed by atoms with Crippen LogP contribution >= 0.6 is 0 Å². The summed E-state index contributed by atoms with van der Waals surface area (Å²) >= 11 is 0. The molecule has 0 amide bonds. The van der Waals surface area contributed by atoms with Crippen molar-refractivity contribution in [1.82, 2.24) is 0 Å². The lowest BCUT2D eigenvalue weighted by Gasteiger charge is -2.41. The molecule has 0 saturated carbocycles. The number of hydrogen-bond donors (Lipinski definition) is 4. The van der Waals surface area contributed by atoms with Crippen LogP contribution < -0.4 is 0 Å². The van der Waals surface area contributed by atoms with Crippen LogP contribution in [0.3, 0.4) is 0 Å². The fourth-order valence-corrected chi connectivity index (χ4v) is 2.49. The quantitative estimate of drug-likeness (QED) is 0.446. The van der Waals surface area contributed by atoms with Gasteiger partial charge in [-0.2, -0.15) is 0 Å². The van der Waals surface area contributed by atoms with Crippen LogP contribution in [-0.4, -0.2) is 76.4 Å². The minimum Gasteiger partial charge on any atom is -0.463 e. The Kier molecular flexibility index (Phi) is 4.86. The summed E-state index contributed by atoms with van der Waals surface area (Å²) in [6.45, 7) is 3.34. The highest BCUT2D eigenvalue weighted by molar-refractivity contribution is 5.78. The van der Waals surface area contributed by atoms with Crippen molar-refractivity contribution in [3.63, 3.8) is 0 Å². The minimum absolute atomic E-state index is 0.199. The summed E-state index contributed by atoms with van der Waals surface area (Å²) < 4.78 is 15.7. The van der Waals surface area contributed by atoms with Crippen molar-refractivity contribution < 1.29 is 39.4 Å². The van der Waals surface area contributed by atoms with Crippen molar-refractivity contribution in [2.45, 2.75) is 57.1 Å². The summed E-state index contributed by atoms with van der Waals surface area (Å²) in [6, 6.07) is 0. The van der Waals surface area contributed by atoms with Crippen molar-refractivity contribution in [2.24, 2.45) is 5.41 Å². The van der Waals surface area contributed by atoms with Gasteiger partial charge in [-0.1, -0.05) is 13.8 Å². The van der Waals surface area contributed by atoms with Crippen LogP contribution in [0.15, 0.2) is 0 Å². The largest absolute Gasteiger partial charge is 0.463 e. The third kappa shape index (κ3) is 2.92. The monoisotopic (exact) mass is 306 g/mol. The molecule has 0 aromatic rings. The van der Waals surface area contributed by atoms with Gasteiger partial charge in [0.25, 0.3) is 0 Å². The number of aliphatic hydroxyl groups is 4. The predicted molar refractivity (Wildman–Crippen MR) is 68.0 cm³/mol. The third-order valence-corrected chi connectivity index (χ3v) is 4.32. The molecule has 4 N–H and O–H groups in total. The highest BCUT2D eigenvalue weighted by atomic mass is 16.7. The van der Waals surface area contributed by atoms with E-state index in [9.17, 15) is 20.1 Å². The molecule has 7 atom stereocenters. The molecular weight excluding hydrogens is 284 g/mol. The Hall–Kier alpha value is -0.770. The molecule has 2 aliphatic rings. The molecule has 21 heavy (non-hydrogen) atoms. The average Bonchev–Trinajstić information content (AvgIpc) is 2.76. The highest BCUT2D eigenvalue weighted by Crippen LogP contribution is 2.37. The zero-order valence-corrected chi connectivity index (χ0v) is 12.0. The number of esters is 1. The van der Waals surface area contributed by atoms with E-state index in [0.29, 0.717) is 6.42 Å². The van der Waals surface area contributed by atoms with E-state index in [1.54, 1.807) is 0 Å². The predicted octanol–water partition coefficient (Wildman–Crippen LogP) is -1.86. The molecule has 122 valence electrons. The molecule has 2 aliphatic heterocycles. The van der Waals surface area contributed by atoms with E-state index in [4.69, 9.17) is 19.3 Å². The van der Waals surface area contributed by atoms with Crippen LogP contribution in [0.2, 0.25) is 0 Å². The summed E-state index contributed by atoms with van der Waals surface area (Å²) in [5.74, 6) is -0.559. The van der Waals surface area contributed by atoms with Crippen molar-refractivity contribution in [1.29, 1.82) is 0 Å². The van der Waals surface area contributed by atoms with Gasteiger partial charge < -0.3 is 34.6 Å². The zero-order valence-electron chi connectivity index (χ0n) is 12.0. The number of cyclic esters (lactones) is 1. The Morgan fingerprint density at radius 1 is 1.29 bits per heavy atom. The van der Waals surface area contributed by atoms with E-state index in [1.165, 1.54) is 0 Å². The summed E-state index contributed by atoms with van der Waals surface area (Å²) in [5.41, 5.74) is -0.560. The maximum absolute atomic E-state index is 11.8. The summed E-state index contributed by atoms with van der Waals surface area (Å²) in [6.07, 6.45) is -7.26. The van der Waals surface area contributed by atoms with E-state index < -0.39 is 54.8 Å². The van der Waals surface area contributed by atoms with Gasteiger partial charge in [0.2, 0.25) is 0 Å². The fourth-order valence-electron chi connectivity index (χ4n) is 2.49. The first-order valence-electron chi connectivity index (χ1n) is 6.96. The molecule has 8 heteroatoms. The van der Waals surface area contributed by atoms with Gasteiger partial charge in [0.15, 0.2) is 12.4 Å². The van der Waals surface area contributed by atoms with E-state index >= 15 is 0 Å². The van der Waals surface area contributed by atoms with E-state index in [1.807, 2.05) is 13.8 Å². The second-order valence-electron chi connectivity index (χ2n) is 5.83. The average molecular weight is 306 g/mol. The normalized spacial score (nSPS) is 47.4. The number of carbonyl (C=O) groups excluding carboxylic acids is 1. The summed E-state index contributed by atoms with van der Waals surface area (Å²) in [7, 11) is 0. The summed E-state index contributed by atoms with van der Waals surface area (Å²) in [5, 5.41) is 38.4. The molecule has 2 rings (SSSR count). The van der Waals surface area contributed by atoms with Gasteiger partial charge >= 0.3 is 5.97 Å². The second-order valence-corrected chi connectivity index (χ2v) is 5.83. The van der Waals surface area contributed by atoms with Gasteiger partial charge in [-0.05, 0) is 6.42 Å². The lowest BCUT2D eigenvalue weighted by Crippen LogP contribution is -2.60. The van der Waals surface area contributed by atoms with Gasteiger partial charge in [0, 0.05) is 5.41 Å². The maximum atomic E-state index is 11.8. The topological polar surface area (TPSA) is 126 Å². The molecule has 0 aliphatic carbocycles. The molecule has 0 aromatic heterocycles. The van der Waals surface area contributed by atoms with Gasteiger partial charge in [-0.15, -0.1) is 0 Å². The zero-order chi connectivity index (χ0) is 15.8. The van der Waals surface area contributed by atoms with Crippen molar-refractivity contribution in [2.75, 3.05) is 13.2 Å². The van der Waals surface area contributed by atoms with Gasteiger partial charge in [0.05, 0.1) is 13.2 Å². The molecule has 2 unspecified atom stereocenters. The molecule has 2 fully saturated rings. The highest BCUT2D eigenvalue weighted by Gasteiger charge is 2.51. The van der Waals surface area contributed by atoms with Crippen LogP contribution in [0.25, 0.3) is 0 Å². The number of hydrogen-bond acceptors (Lipinski definition) is 8. The van der Waals surface area contributed by atoms with E-state index in [0.717, 1.165) is 0 Å². The Labute approximate surface area is 122 Å². The SMILES string of the molecule is CCC1(C)COC(=O)C1O[C@@H]1O[C@H](CO)[C@@H](O)[C@H](O)[C@H]1O. The number of ether oxygens (including phenoxy) is 3. The fraction of sp³-hybridized carbons (Fsp3) is 0.923. The Bertz CT molecular complexity index is 386. The van der Waals surface area contributed by atoms with Crippen LogP contribution in [0.1, 0.15) is 20.3 Å². The standard InChI is InChI=1S/C13H22O8/c1-3-13(2)5-19-11(18)10(13)21-12-9(17)8(16)7(15)6(4-14)20-12/h6-10,12,14-17H,3-5H2,1-2H3/t6-,7-,8+,9-,10?,12+,13?/m1/s1. The maximum Gasteiger partial charge on any atom is 0.336 e. The molecule has 0 radical (unpaired) electrons. The second kappa shape index (κ2) is 6.15. The number of aliphatic hydroxyl groups excluding tert-OH is 4. The van der Waals surface area contributed by atoms with Crippen molar-refractivity contribution in [3.8, 4) is 0 Å². The van der Waals surface area contributed by atoms with Gasteiger partial charge in [0.1, 0.15) is 24.4 Å². The van der Waals surface area contributed by atoms with Crippen LogP contribution in [0, 0.1) is 5.41 Å². The molecule has 0 spiro atoms. The van der Waals surface area contributed by atoms with Crippen LogP contribution in [0.5, 0.6) is 0 Å². The smallest absolute Gasteiger partial charge is 0.336 e.